The Bertz CT molecular complexity index is 785. The highest BCUT2D eigenvalue weighted by molar-refractivity contribution is 9.10. The Labute approximate surface area is 160 Å². The van der Waals surface area contributed by atoms with Gasteiger partial charge < -0.3 is 14.8 Å². The summed E-state index contributed by atoms with van der Waals surface area (Å²) >= 11 is 3.45. The molecule has 1 saturated heterocycles. The minimum atomic E-state index is -0.954. The van der Waals surface area contributed by atoms with Gasteiger partial charge in [-0.3, -0.25) is 0 Å². The smallest absolute Gasteiger partial charge is 0.217 e. The van der Waals surface area contributed by atoms with Crippen LogP contribution in [0.1, 0.15) is 50.8 Å². The van der Waals surface area contributed by atoms with Crippen LogP contribution in [-0.2, 0) is 10.3 Å². The van der Waals surface area contributed by atoms with Gasteiger partial charge in [-0.1, -0.05) is 22.4 Å². The van der Waals surface area contributed by atoms with Gasteiger partial charge in [0.2, 0.25) is 5.82 Å². The summed E-state index contributed by atoms with van der Waals surface area (Å²) in [6.07, 6.45) is 6.68. The number of hydrogen-bond acceptors (Lipinski definition) is 5. The van der Waals surface area contributed by atoms with Crippen molar-refractivity contribution in [1.29, 1.82) is 0 Å². The van der Waals surface area contributed by atoms with E-state index in [0.717, 1.165) is 59.5 Å². The van der Waals surface area contributed by atoms with Gasteiger partial charge in [0.05, 0.1) is 18.2 Å². The van der Waals surface area contributed by atoms with Gasteiger partial charge in [0, 0.05) is 30.2 Å². The monoisotopic (exact) mass is 419 g/mol. The van der Waals surface area contributed by atoms with Gasteiger partial charge in [-0.05, 0) is 47.5 Å². The maximum Gasteiger partial charge on any atom is 0.217 e. The van der Waals surface area contributed by atoms with Crippen molar-refractivity contribution in [3.05, 3.63) is 34.6 Å². The third-order valence-electron chi connectivity index (χ3n) is 5.93. The van der Waals surface area contributed by atoms with Crippen molar-refractivity contribution in [3.63, 3.8) is 0 Å². The molecule has 7 nitrogen and oxygen atoms in total. The molecular weight excluding hydrogens is 398 g/mol. The van der Waals surface area contributed by atoms with Gasteiger partial charge in [0.1, 0.15) is 6.04 Å². The lowest BCUT2D eigenvalue weighted by atomic mass is 9.79. The minimum Gasteiger partial charge on any atom is -0.544 e. The fourth-order valence-corrected chi connectivity index (χ4v) is 5.03. The van der Waals surface area contributed by atoms with E-state index in [0.29, 0.717) is 6.42 Å². The van der Waals surface area contributed by atoms with Crippen molar-refractivity contribution < 1.29 is 14.8 Å². The lowest BCUT2D eigenvalue weighted by Crippen LogP contribution is -3.21. The van der Waals surface area contributed by atoms with E-state index >= 15 is 0 Å². The van der Waals surface area contributed by atoms with Gasteiger partial charge in [-0.25, -0.2) is 0 Å². The van der Waals surface area contributed by atoms with Gasteiger partial charge in [-0.15, -0.1) is 5.10 Å². The number of carbonyl (C=O) groups is 1. The molecule has 1 aromatic carbocycles. The van der Waals surface area contributed by atoms with Crippen LogP contribution in [0.2, 0.25) is 0 Å². The summed E-state index contributed by atoms with van der Waals surface area (Å²) in [5.74, 6) is -0.173. The molecule has 1 saturated carbocycles. The molecular formula is C18H22BrN5O2. The lowest BCUT2D eigenvalue weighted by Gasteiger charge is -2.43. The molecule has 1 aromatic heterocycles. The van der Waals surface area contributed by atoms with E-state index in [4.69, 9.17) is 0 Å². The van der Waals surface area contributed by atoms with E-state index in [1.54, 1.807) is 4.68 Å². The van der Waals surface area contributed by atoms with Gasteiger partial charge in [-0.2, -0.15) is 4.68 Å². The van der Waals surface area contributed by atoms with Crippen LogP contribution in [-0.4, -0.2) is 38.8 Å². The molecule has 4 rings (SSSR count). The highest BCUT2D eigenvalue weighted by Gasteiger charge is 2.52. The summed E-state index contributed by atoms with van der Waals surface area (Å²) in [4.78, 5) is 12.8. The SMILES string of the molecule is O=C([O-])[C@@H]1CCC[NH+]1C1(c2nnnn2-c2ccc(Br)cc2)CCCCC1. The van der Waals surface area contributed by atoms with E-state index in [9.17, 15) is 9.90 Å². The first-order valence-electron chi connectivity index (χ1n) is 9.24. The number of tetrazole rings is 1. The number of likely N-dealkylation sites (tertiary alicyclic amines) is 1. The second-order valence-corrected chi connectivity index (χ2v) is 8.24. The molecule has 2 fully saturated rings. The molecule has 2 heterocycles. The normalized spacial score (nSPS) is 25.3. The van der Waals surface area contributed by atoms with Crippen LogP contribution in [0.25, 0.3) is 5.69 Å². The maximum absolute atomic E-state index is 11.8. The van der Waals surface area contributed by atoms with Crippen LogP contribution in [0.5, 0.6) is 0 Å². The number of carboxylic acid groups (broad SMARTS) is 1. The quantitative estimate of drug-likeness (QED) is 0.773. The zero-order valence-electron chi connectivity index (χ0n) is 14.5. The summed E-state index contributed by atoms with van der Waals surface area (Å²) in [6, 6.07) is 7.37. The van der Waals surface area contributed by atoms with Crippen molar-refractivity contribution in [2.45, 2.75) is 56.5 Å². The van der Waals surface area contributed by atoms with Crippen molar-refractivity contribution in [1.82, 2.24) is 20.2 Å². The first-order valence-corrected chi connectivity index (χ1v) is 10.0. The highest BCUT2D eigenvalue weighted by atomic mass is 79.9. The second-order valence-electron chi connectivity index (χ2n) is 7.32. The average Bonchev–Trinajstić information content (AvgIpc) is 3.33. The number of carboxylic acids is 1. The summed E-state index contributed by atoms with van der Waals surface area (Å²) < 4.78 is 2.78. The van der Waals surface area contributed by atoms with E-state index < -0.39 is 12.0 Å². The Morgan fingerprint density at radius 3 is 2.62 bits per heavy atom. The minimum absolute atomic E-state index is 0.365. The number of benzene rings is 1. The first-order chi connectivity index (χ1) is 12.6. The highest BCUT2D eigenvalue weighted by Crippen LogP contribution is 2.35. The third-order valence-corrected chi connectivity index (χ3v) is 6.46. The van der Waals surface area contributed by atoms with Crippen LogP contribution in [0.4, 0.5) is 0 Å². The topological polar surface area (TPSA) is 88.2 Å². The fraction of sp³-hybridized carbons (Fsp3) is 0.556. The summed E-state index contributed by atoms with van der Waals surface area (Å²) in [7, 11) is 0. The summed E-state index contributed by atoms with van der Waals surface area (Å²) in [5.41, 5.74) is 0.525. The van der Waals surface area contributed by atoms with Crippen LogP contribution in [0, 0.1) is 0 Å². The number of quaternary nitrogens is 1. The molecule has 2 aliphatic rings. The Morgan fingerprint density at radius 2 is 1.92 bits per heavy atom. The Hall–Kier alpha value is -1.80. The Kier molecular flexibility index (Phi) is 4.79. The van der Waals surface area contributed by atoms with Gasteiger partial charge in [0.25, 0.3) is 0 Å². The van der Waals surface area contributed by atoms with Crippen molar-refractivity contribution >= 4 is 21.9 Å². The number of nitrogens with one attached hydrogen (secondary N) is 1. The standard InChI is InChI=1S/C18H22BrN5O2/c19-13-6-8-14(9-7-13)24-17(20-21-22-24)18(10-2-1-3-11-18)23-12-4-5-15(23)16(25)26/h6-9,15H,1-5,10-12H2,(H,25,26)/t15-/m0/s1. The van der Waals surface area contributed by atoms with Crippen LogP contribution < -0.4 is 10.0 Å². The molecule has 1 unspecified atom stereocenters. The number of aromatic nitrogens is 4. The Morgan fingerprint density at radius 1 is 1.19 bits per heavy atom. The molecule has 0 spiro atoms. The van der Waals surface area contributed by atoms with Gasteiger partial charge >= 0.3 is 0 Å². The summed E-state index contributed by atoms with van der Waals surface area (Å²) in [5, 5.41) is 24.4. The largest absolute Gasteiger partial charge is 0.544 e. The molecule has 0 bridgehead atoms. The van der Waals surface area contributed by atoms with Crippen LogP contribution in [0.3, 0.4) is 0 Å². The molecule has 0 radical (unpaired) electrons. The summed E-state index contributed by atoms with van der Waals surface area (Å²) in [6.45, 7) is 0.825. The lowest BCUT2D eigenvalue weighted by molar-refractivity contribution is -0.969. The first kappa shape index (κ1) is 17.6. The van der Waals surface area contributed by atoms with Crippen LogP contribution >= 0.6 is 15.9 Å². The molecule has 1 aliphatic carbocycles. The number of aliphatic carboxylic acids is 1. The van der Waals surface area contributed by atoms with E-state index in [1.165, 1.54) is 6.42 Å². The predicted molar refractivity (Wildman–Crippen MR) is 95.5 cm³/mol. The average molecular weight is 420 g/mol. The second kappa shape index (κ2) is 7.08. The van der Waals surface area contributed by atoms with Gasteiger partial charge in [0.15, 0.2) is 5.54 Å². The molecule has 2 atom stereocenters. The van der Waals surface area contributed by atoms with E-state index in [-0.39, 0.29) is 5.54 Å². The molecule has 1 N–H and O–H groups in total. The number of carbonyl (C=O) groups excluding carboxylic acids is 1. The molecule has 2 aromatic rings. The third kappa shape index (κ3) is 2.95. The molecule has 0 amide bonds. The van der Waals surface area contributed by atoms with Crippen molar-refractivity contribution in [3.8, 4) is 5.69 Å². The molecule has 26 heavy (non-hydrogen) atoms. The zero-order chi connectivity index (χ0) is 18.1. The van der Waals surface area contributed by atoms with E-state index in [2.05, 4.69) is 31.5 Å². The number of halogens is 1. The number of nitrogens with zero attached hydrogens (tertiary/aromatic N) is 4. The zero-order valence-corrected chi connectivity index (χ0v) is 16.1. The van der Waals surface area contributed by atoms with Crippen LogP contribution in [0.15, 0.2) is 28.7 Å². The predicted octanol–water partition coefficient (Wildman–Crippen LogP) is 0.381. The number of hydrogen-bond donors (Lipinski definition) is 1. The fourth-order valence-electron chi connectivity index (χ4n) is 4.76. The Balaban J connectivity index is 1.80. The van der Waals surface area contributed by atoms with E-state index in [1.807, 2.05) is 24.3 Å². The molecule has 138 valence electrons. The number of rotatable bonds is 4. The van der Waals surface area contributed by atoms with Crippen molar-refractivity contribution in [2.24, 2.45) is 0 Å². The molecule has 1 aliphatic heterocycles. The maximum atomic E-state index is 11.8. The van der Waals surface area contributed by atoms with Crippen molar-refractivity contribution in [2.75, 3.05) is 6.54 Å². The molecule has 8 heteroatoms.